The Morgan fingerprint density at radius 3 is 2.76 bits per heavy atom. The van der Waals surface area contributed by atoms with E-state index in [0.29, 0.717) is 6.61 Å². The summed E-state index contributed by atoms with van der Waals surface area (Å²) in [6, 6.07) is 0.0645. The van der Waals surface area contributed by atoms with Gasteiger partial charge in [0.2, 0.25) is 5.91 Å². The minimum Gasteiger partial charge on any atom is -0.466 e. The summed E-state index contributed by atoms with van der Waals surface area (Å²) in [4.78, 5) is 22.6. The molecule has 0 radical (unpaired) electrons. The summed E-state index contributed by atoms with van der Waals surface area (Å²) < 4.78 is 4.75. The van der Waals surface area contributed by atoms with Crippen LogP contribution in [-0.2, 0) is 14.3 Å². The Bertz CT molecular complexity index is 267. The molecule has 1 fully saturated rings. The fourth-order valence-electron chi connectivity index (χ4n) is 2.17. The summed E-state index contributed by atoms with van der Waals surface area (Å²) >= 11 is 0. The second-order valence-electron chi connectivity index (χ2n) is 4.35. The maximum absolute atomic E-state index is 11.6. The lowest BCUT2D eigenvalue weighted by Gasteiger charge is -2.18. The SMILES string of the molecule is CCOC(=O)CCC(=O)NC1CCCC1CO. The van der Waals surface area contributed by atoms with Crippen LogP contribution in [0.3, 0.4) is 0 Å². The van der Waals surface area contributed by atoms with Gasteiger partial charge in [-0.2, -0.15) is 0 Å². The van der Waals surface area contributed by atoms with E-state index in [1.807, 2.05) is 0 Å². The standard InChI is InChI=1S/C12H21NO4/c1-2-17-12(16)7-6-11(15)13-10-5-3-4-9(10)8-14/h9-10,14H,2-8H2,1H3,(H,13,15). The largest absolute Gasteiger partial charge is 0.466 e. The first-order valence-corrected chi connectivity index (χ1v) is 6.23. The summed E-state index contributed by atoms with van der Waals surface area (Å²) in [5.74, 6) is -0.308. The lowest BCUT2D eigenvalue weighted by Crippen LogP contribution is -2.38. The summed E-state index contributed by atoms with van der Waals surface area (Å²) in [5.41, 5.74) is 0. The highest BCUT2D eigenvalue weighted by atomic mass is 16.5. The second-order valence-corrected chi connectivity index (χ2v) is 4.35. The molecule has 1 aliphatic carbocycles. The van der Waals surface area contributed by atoms with Gasteiger partial charge < -0.3 is 15.2 Å². The van der Waals surface area contributed by atoms with Gasteiger partial charge in [-0.25, -0.2) is 0 Å². The summed E-state index contributed by atoms with van der Waals surface area (Å²) in [6.07, 6.45) is 3.19. The molecular formula is C12H21NO4. The number of amides is 1. The van der Waals surface area contributed by atoms with Gasteiger partial charge in [0, 0.05) is 25.0 Å². The molecule has 98 valence electrons. The summed E-state index contributed by atoms with van der Waals surface area (Å²) in [6.45, 7) is 2.20. The quantitative estimate of drug-likeness (QED) is 0.670. The minimum absolute atomic E-state index is 0.0645. The molecule has 17 heavy (non-hydrogen) atoms. The number of hydrogen-bond acceptors (Lipinski definition) is 4. The van der Waals surface area contributed by atoms with Crippen molar-refractivity contribution in [2.45, 2.75) is 45.1 Å². The van der Waals surface area contributed by atoms with Crippen molar-refractivity contribution in [1.82, 2.24) is 5.32 Å². The number of hydrogen-bond donors (Lipinski definition) is 2. The van der Waals surface area contributed by atoms with E-state index in [-0.39, 0.29) is 43.3 Å². The molecule has 1 rings (SSSR count). The molecule has 1 saturated carbocycles. The predicted molar refractivity (Wildman–Crippen MR) is 62.2 cm³/mol. The number of ether oxygens (including phenoxy) is 1. The molecule has 1 aliphatic rings. The van der Waals surface area contributed by atoms with E-state index in [0.717, 1.165) is 19.3 Å². The van der Waals surface area contributed by atoms with E-state index in [9.17, 15) is 9.59 Å². The Kier molecular flexibility index (Phi) is 5.97. The highest BCUT2D eigenvalue weighted by molar-refractivity contribution is 5.81. The van der Waals surface area contributed by atoms with Crippen molar-refractivity contribution < 1.29 is 19.4 Å². The van der Waals surface area contributed by atoms with Crippen LogP contribution in [0, 0.1) is 5.92 Å². The fraction of sp³-hybridized carbons (Fsp3) is 0.833. The maximum Gasteiger partial charge on any atom is 0.306 e. The fourth-order valence-corrected chi connectivity index (χ4v) is 2.17. The van der Waals surface area contributed by atoms with Crippen molar-refractivity contribution in [1.29, 1.82) is 0 Å². The van der Waals surface area contributed by atoms with Crippen molar-refractivity contribution >= 4 is 11.9 Å². The van der Waals surface area contributed by atoms with E-state index in [1.165, 1.54) is 0 Å². The van der Waals surface area contributed by atoms with Gasteiger partial charge in [0.1, 0.15) is 0 Å². The third-order valence-corrected chi connectivity index (χ3v) is 3.10. The Hall–Kier alpha value is -1.10. The van der Waals surface area contributed by atoms with Crippen molar-refractivity contribution in [3.63, 3.8) is 0 Å². The van der Waals surface area contributed by atoms with Gasteiger partial charge in [-0.1, -0.05) is 6.42 Å². The van der Waals surface area contributed by atoms with Crippen LogP contribution < -0.4 is 5.32 Å². The van der Waals surface area contributed by atoms with Crippen molar-refractivity contribution in [2.24, 2.45) is 5.92 Å². The lowest BCUT2D eigenvalue weighted by molar-refractivity contribution is -0.144. The summed E-state index contributed by atoms with van der Waals surface area (Å²) in [7, 11) is 0. The Balaban J connectivity index is 2.22. The first-order valence-electron chi connectivity index (χ1n) is 6.23. The Morgan fingerprint density at radius 2 is 2.12 bits per heavy atom. The smallest absolute Gasteiger partial charge is 0.306 e. The predicted octanol–water partition coefficient (Wildman–Crippen LogP) is 0.607. The average molecular weight is 243 g/mol. The zero-order valence-corrected chi connectivity index (χ0v) is 10.3. The van der Waals surface area contributed by atoms with Crippen molar-refractivity contribution in [2.75, 3.05) is 13.2 Å². The molecule has 1 amide bonds. The Labute approximate surface area is 102 Å². The van der Waals surface area contributed by atoms with Gasteiger partial charge >= 0.3 is 5.97 Å². The lowest BCUT2D eigenvalue weighted by atomic mass is 10.0. The van der Waals surface area contributed by atoms with Gasteiger partial charge in [0.15, 0.2) is 0 Å². The zero-order valence-electron chi connectivity index (χ0n) is 10.3. The van der Waals surface area contributed by atoms with Gasteiger partial charge in [0.05, 0.1) is 13.0 Å². The van der Waals surface area contributed by atoms with E-state index in [4.69, 9.17) is 9.84 Å². The highest BCUT2D eigenvalue weighted by Gasteiger charge is 2.27. The third-order valence-electron chi connectivity index (χ3n) is 3.10. The van der Waals surface area contributed by atoms with Crippen LogP contribution in [0.1, 0.15) is 39.0 Å². The zero-order chi connectivity index (χ0) is 12.7. The van der Waals surface area contributed by atoms with Gasteiger partial charge in [0.25, 0.3) is 0 Å². The van der Waals surface area contributed by atoms with Gasteiger partial charge in [-0.3, -0.25) is 9.59 Å². The molecule has 0 aromatic heterocycles. The highest BCUT2D eigenvalue weighted by Crippen LogP contribution is 2.25. The van der Waals surface area contributed by atoms with E-state index in [2.05, 4.69) is 5.32 Å². The number of carbonyl (C=O) groups excluding carboxylic acids is 2. The van der Waals surface area contributed by atoms with Crippen LogP contribution >= 0.6 is 0 Å². The van der Waals surface area contributed by atoms with Crippen LogP contribution in [0.25, 0.3) is 0 Å². The third kappa shape index (κ3) is 4.73. The normalized spacial score (nSPS) is 23.4. The molecule has 0 aromatic carbocycles. The van der Waals surface area contributed by atoms with Crippen LogP contribution in [0.4, 0.5) is 0 Å². The number of nitrogens with one attached hydrogen (secondary N) is 1. The first-order chi connectivity index (χ1) is 8.17. The maximum atomic E-state index is 11.6. The monoisotopic (exact) mass is 243 g/mol. The number of aliphatic hydroxyl groups excluding tert-OH is 1. The molecule has 0 saturated heterocycles. The second kappa shape index (κ2) is 7.27. The molecule has 2 atom stereocenters. The number of carbonyl (C=O) groups is 2. The summed E-state index contributed by atoms with van der Waals surface area (Å²) in [5, 5.41) is 12.0. The molecule has 0 aromatic rings. The topological polar surface area (TPSA) is 75.6 Å². The van der Waals surface area contributed by atoms with Crippen LogP contribution in [-0.4, -0.2) is 36.2 Å². The van der Waals surface area contributed by atoms with Crippen molar-refractivity contribution in [3.05, 3.63) is 0 Å². The molecule has 5 nitrogen and oxygen atoms in total. The van der Waals surface area contributed by atoms with E-state index < -0.39 is 0 Å². The minimum atomic E-state index is -0.340. The van der Waals surface area contributed by atoms with Crippen molar-refractivity contribution in [3.8, 4) is 0 Å². The van der Waals surface area contributed by atoms with E-state index in [1.54, 1.807) is 6.92 Å². The van der Waals surface area contributed by atoms with Crippen LogP contribution in [0.15, 0.2) is 0 Å². The molecule has 0 bridgehead atoms. The number of esters is 1. The molecule has 0 spiro atoms. The number of rotatable bonds is 6. The van der Waals surface area contributed by atoms with Crippen LogP contribution in [0.5, 0.6) is 0 Å². The molecule has 5 heteroatoms. The molecule has 2 unspecified atom stereocenters. The number of aliphatic hydroxyl groups is 1. The first kappa shape index (κ1) is 14.0. The molecule has 2 N–H and O–H groups in total. The Morgan fingerprint density at radius 1 is 1.35 bits per heavy atom. The molecular weight excluding hydrogens is 222 g/mol. The van der Waals surface area contributed by atoms with E-state index >= 15 is 0 Å². The van der Waals surface area contributed by atoms with Crippen LogP contribution in [0.2, 0.25) is 0 Å². The molecule has 0 heterocycles. The molecule has 0 aliphatic heterocycles. The van der Waals surface area contributed by atoms with Gasteiger partial charge in [-0.05, 0) is 19.8 Å². The average Bonchev–Trinajstić information content (AvgIpc) is 2.74. The van der Waals surface area contributed by atoms with Gasteiger partial charge in [-0.15, -0.1) is 0 Å².